The van der Waals surface area contributed by atoms with Crippen LogP contribution in [-0.2, 0) is 0 Å². The van der Waals surface area contributed by atoms with Gasteiger partial charge in [0.2, 0.25) is 0 Å². The zero-order valence-corrected chi connectivity index (χ0v) is 8.54. The first-order valence-corrected chi connectivity index (χ1v) is 5.01. The maximum absolute atomic E-state index is 5.87. The SMILES string of the molecule is Nc1ccccc1-n1nc2ccccc2n1. The normalized spacial score (nSPS) is 10.8. The van der Waals surface area contributed by atoms with Gasteiger partial charge in [0, 0.05) is 0 Å². The Bertz CT molecular complexity index is 609. The first-order chi connectivity index (χ1) is 7.84. The highest BCUT2D eigenvalue weighted by molar-refractivity contribution is 5.74. The molecule has 0 amide bonds. The second kappa shape index (κ2) is 3.34. The lowest BCUT2D eigenvalue weighted by Crippen LogP contribution is -2.02. The lowest BCUT2D eigenvalue weighted by atomic mass is 10.3. The molecule has 1 heterocycles. The molecule has 2 aromatic carbocycles. The van der Waals surface area contributed by atoms with Crippen molar-refractivity contribution in [1.29, 1.82) is 0 Å². The third kappa shape index (κ3) is 1.32. The average Bonchev–Trinajstić information content (AvgIpc) is 2.73. The molecule has 0 spiro atoms. The van der Waals surface area contributed by atoms with Gasteiger partial charge in [0.05, 0.1) is 5.69 Å². The summed E-state index contributed by atoms with van der Waals surface area (Å²) in [7, 11) is 0. The molecule has 0 unspecified atom stereocenters. The predicted octanol–water partition coefficient (Wildman–Crippen LogP) is 2.00. The van der Waals surface area contributed by atoms with E-state index in [-0.39, 0.29) is 0 Å². The molecule has 1 aromatic heterocycles. The number of hydrogen-bond donors (Lipinski definition) is 1. The number of anilines is 1. The molecule has 78 valence electrons. The van der Waals surface area contributed by atoms with Gasteiger partial charge in [-0.2, -0.15) is 0 Å². The van der Waals surface area contributed by atoms with Gasteiger partial charge in [0.15, 0.2) is 0 Å². The van der Waals surface area contributed by atoms with Gasteiger partial charge in [0.1, 0.15) is 16.7 Å². The largest absolute Gasteiger partial charge is 0.397 e. The summed E-state index contributed by atoms with van der Waals surface area (Å²) in [5, 5.41) is 8.74. The van der Waals surface area contributed by atoms with Crippen LogP contribution >= 0.6 is 0 Å². The van der Waals surface area contributed by atoms with Crippen LogP contribution in [0.15, 0.2) is 48.5 Å². The van der Waals surface area contributed by atoms with Crippen LogP contribution in [0.5, 0.6) is 0 Å². The summed E-state index contributed by atoms with van der Waals surface area (Å²) in [6, 6.07) is 15.3. The standard InChI is InChI=1S/C12H10N4/c13-9-5-1-4-8-12(9)16-14-10-6-2-3-7-11(10)15-16/h1-8H,13H2. The second-order valence-electron chi connectivity index (χ2n) is 3.54. The van der Waals surface area contributed by atoms with E-state index >= 15 is 0 Å². The van der Waals surface area contributed by atoms with Crippen molar-refractivity contribution < 1.29 is 0 Å². The zero-order chi connectivity index (χ0) is 11.0. The summed E-state index contributed by atoms with van der Waals surface area (Å²) in [6.07, 6.45) is 0. The average molecular weight is 210 g/mol. The minimum absolute atomic E-state index is 0.669. The fraction of sp³-hybridized carbons (Fsp3) is 0. The number of benzene rings is 2. The van der Waals surface area contributed by atoms with Crippen molar-refractivity contribution in [1.82, 2.24) is 15.0 Å². The van der Waals surface area contributed by atoms with E-state index in [2.05, 4.69) is 10.2 Å². The maximum Gasteiger partial charge on any atom is 0.113 e. The third-order valence-corrected chi connectivity index (χ3v) is 2.44. The Balaban J connectivity index is 2.23. The molecule has 2 N–H and O–H groups in total. The molecule has 3 aromatic rings. The fourth-order valence-electron chi connectivity index (χ4n) is 1.64. The molecule has 0 aliphatic heterocycles. The maximum atomic E-state index is 5.87. The zero-order valence-electron chi connectivity index (χ0n) is 8.54. The van der Waals surface area contributed by atoms with Crippen LogP contribution in [0.3, 0.4) is 0 Å². The molecule has 0 saturated carbocycles. The molecule has 0 aliphatic rings. The number of hydrogen-bond acceptors (Lipinski definition) is 3. The van der Waals surface area contributed by atoms with Crippen molar-refractivity contribution in [2.75, 3.05) is 5.73 Å². The number of para-hydroxylation sites is 2. The number of aromatic nitrogens is 3. The van der Waals surface area contributed by atoms with Crippen LogP contribution in [0.1, 0.15) is 0 Å². The number of nitrogen functional groups attached to an aromatic ring is 1. The van der Waals surface area contributed by atoms with Crippen molar-refractivity contribution in [3.05, 3.63) is 48.5 Å². The van der Waals surface area contributed by atoms with E-state index in [0.717, 1.165) is 16.7 Å². The van der Waals surface area contributed by atoms with Gasteiger partial charge in [-0.15, -0.1) is 15.0 Å². The van der Waals surface area contributed by atoms with Crippen LogP contribution in [0, 0.1) is 0 Å². The highest BCUT2D eigenvalue weighted by Gasteiger charge is 2.05. The Kier molecular flexibility index (Phi) is 1.86. The first kappa shape index (κ1) is 8.91. The van der Waals surface area contributed by atoms with Crippen LogP contribution < -0.4 is 5.73 Å². The van der Waals surface area contributed by atoms with Crippen LogP contribution in [0.2, 0.25) is 0 Å². The molecule has 4 heteroatoms. The second-order valence-corrected chi connectivity index (χ2v) is 3.54. The summed E-state index contributed by atoms with van der Waals surface area (Å²) in [6.45, 7) is 0. The monoisotopic (exact) mass is 210 g/mol. The number of nitrogens with two attached hydrogens (primary N) is 1. The van der Waals surface area contributed by atoms with Crippen LogP contribution in [-0.4, -0.2) is 15.0 Å². The fourth-order valence-corrected chi connectivity index (χ4v) is 1.64. The van der Waals surface area contributed by atoms with Gasteiger partial charge >= 0.3 is 0 Å². The predicted molar refractivity (Wildman–Crippen MR) is 63.3 cm³/mol. The van der Waals surface area contributed by atoms with E-state index in [9.17, 15) is 0 Å². The van der Waals surface area contributed by atoms with E-state index in [1.807, 2.05) is 48.5 Å². The Hall–Kier alpha value is -2.36. The molecule has 0 aliphatic carbocycles. The third-order valence-electron chi connectivity index (χ3n) is 2.44. The lowest BCUT2D eigenvalue weighted by Gasteiger charge is -2.01. The lowest BCUT2D eigenvalue weighted by molar-refractivity contribution is 0.768. The number of rotatable bonds is 1. The van der Waals surface area contributed by atoms with E-state index in [0.29, 0.717) is 5.69 Å². The Morgan fingerprint density at radius 2 is 1.38 bits per heavy atom. The van der Waals surface area contributed by atoms with E-state index in [1.54, 1.807) is 4.80 Å². The number of fused-ring (bicyclic) bond motifs is 1. The highest BCUT2D eigenvalue weighted by atomic mass is 15.5. The van der Waals surface area contributed by atoms with Gasteiger partial charge < -0.3 is 5.73 Å². The molecular formula is C12H10N4. The Labute approximate surface area is 92.3 Å². The molecule has 0 saturated heterocycles. The van der Waals surface area contributed by atoms with Crippen LogP contribution in [0.25, 0.3) is 16.7 Å². The van der Waals surface area contributed by atoms with Crippen molar-refractivity contribution >= 4 is 16.7 Å². The van der Waals surface area contributed by atoms with Gasteiger partial charge in [-0.3, -0.25) is 0 Å². The van der Waals surface area contributed by atoms with Crippen molar-refractivity contribution in [3.63, 3.8) is 0 Å². The molecule has 3 rings (SSSR count). The van der Waals surface area contributed by atoms with Gasteiger partial charge in [0.25, 0.3) is 0 Å². The minimum Gasteiger partial charge on any atom is -0.397 e. The Morgan fingerprint density at radius 1 is 0.812 bits per heavy atom. The van der Waals surface area contributed by atoms with Crippen molar-refractivity contribution in [2.24, 2.45) is 0 Å². The van der Waals surface area contributed by atoms with E-state index in [4.69, 9.17) is 5.73 Å². The summed E-state index contributed by atoms with van der Waals surface area (Å²) >= 11 is 0. The highest BCUT2D eigenvalue weighted by Crippen LogP contribution is 2.16. The molecule has 0 fully saturated rings. The summed E-state index contributed by atoms with van der Waals surface area (Å²) in [5.74, 6) is 0. The molecule has 0 radical (unpaired) electrons. The summed E-state index contributed by atoms with van der Waals surface area (Å²) < 4.78 is 0. The summed E-state index contributed by atoms with van der Waals surface area (Å²) in [5.41, 5.74) is 9.08. The molecule has 0 atom stereocenters. The topological polar surface area (TPSA) is 56.7 Å². The van der Waals surface area contributed by atoms with Gasteiger partial charge in [-0.25, -0.2) is 0 Å². The minimum atomic E-state index is 0.669. The summed E-state index contributed by atoms with van der Waals surface area (Å²) in [4.78, 5) is 1.57. The number of nitrogens with zero attached hydrogens (tertiary/aromatic N) is 3. The molecule has 0 bridgehead atoms. The smallest absolute Gasteiger partial charge is 0.113 e. The first-order valence-electron chi connectivity index (χ1n) is 5.01. The Morgan fingerprint density at radius 3 is 2.00 bits per heavy atom. The quantitative estimate of drug-likeness (QED) is 0.625. The van der Waals surface area contributed by atoms with E-state index in [1.165, 1.54) is 0 Å². The molecule has 16 heavy (non-hydrogen) atoms. The molecular weight excluding hydrogens is 200 g/mol. The van der Waals surface area contributed by atoms with E-state index < -0.39 is 0 Å². The van der Waals surface area contributed by atoms with Crippen molar-refractivity contribution in [2.45, 2.75) is 0 Å². The molecule has 4 nitrogen and oxygen atoms in total. The van der Waals surface area contributed by atoms with Crippen molar-refractivity contribution in [3.8, 4) is 5.69 Å². The van der Waals surface area contributed by atoms with Gasteiger partial charge in [-0.05, 0) is 24.3 Å². The van der Waals surface area contributed by atoms with Crippen LogP contribution in [0.4, 0.5) is 5.69 Å². The van der Waals surface area contributed by atoms with Gasteiger partial charge in [-0.1, -0.05) is 24.3 Å².